The summed E-state index contributed by atoms with van der Waals surface area (Å²) in [6.45, 7) is 0.900. The fraction of sp³-hybridized carbons (Fsp3) is 0.250. The molecule has 2 aromatic carbocycles. The monoisotopic (exact) mass is 336 g/mol. The highest BCUT2D eigenvalue weighted by molar-refractivity contribution is 5.83. The second kappa shape index (κ2) is 7.75. The number of fused-ring (bicyclic) bond motifs is 1. The van der Waals surface area contributed by atoms with Crippen LogP contribution < -0.4 is 15.5 Å². The number of carbonyl (C=O) groups excluding carboxylic acids is 1. The van der Waals surface area contributed by atoms with E-state index in [2.05, 4.69) is 27.8 Å². The summed E-state index contributed by atoms with van der Waals surface area (Å²) in [7, 11) is 4.01. The number of aromatic nitrogens is 1. The summed E-state index contributed by atoms with van der Waals surface area (Å²) in [5, 5.41) is 7.33. The van der Waals surface area contributed by atoms with E-state index in [0.717, 1.165) is 23.3 Å². The van der Waals surface area contributed by atoms with E-state index >= 15 is 0 Å². The fourth-order valence-electron chi connectivity index (χ4n) is 2.80. The second-order valence-corrected chi connectivity index (χ2v) is 6.25. The molecule has 0 spiro atoms. The van der Waals surface area contributed by atoms with Gasteiger partial charge in [-0.05, 0) is 42.3 Å². The molecule has 1 amide bonds. The fourth-order valence-corrected chi connectivity index (χ4v) is 2.80. The van der Waals surface area contributed by atoms with Gasteiger partial charge in [0.2, 0.25) is 5.91 Å². The molecule has 0 atom stereocenters. The van der Waals surface area contributed by atoms with Crippen LogP contribution in [0, 0.1) is 0 Å². The number of hydrogen-bond donors (Lipinski definition) is 3. The van der Waals surface area contributed by atoms with Crippen LogP contribution in [0.2, 0.25) is 0 Å². The first-order chi connectivity index (χ1) is 12.1. The van der Waals surface area contributed by atoms with Gasteiger partial charge in [-0.15, -0.1) is 0 Å². The molecule has 3 N–H and O–H groups in total. The lowest BCUT2D eigenvalue weighted by Crippen LogP contribution is -2.31. The van der Waals surface area contributed by atoms with Crippen molar-refractivity contribution >= 4 is 28.2 Å². The van der Waals surface area contributed by atoms with Gasteiger partial charge in [0, 0.05) is 49.1 Å². The van der Waals surface area contributed by atoms with Gasteiger partial charge in [0.25, 0.3) is 0 Å². The summed E-state index contributed by atoms with van der Waals surface area (Å²) in [6.07, 6.45) is 2.83. The van der Waals surface area contributed by atoms with Crippen molar-refractivity contribution in [3.8, 4) is 0 Å². The maximum atomic E-state index is 12.0. The molecule has 0 aliphatic carbocycles. The third-order valence-electron chi connectivity index (χ3n) is 4.23. The predicted octanol–water partition coefficient (Wildman–Crippen LogP) is 3.00. The smallest absolute Gasteiger partial charge is 0.239 e. The topological polar surface area (TPSA) is 60.2 Å². The van der Waals surface area contributed by atoms with Crippen LogP contribution in [0.25, 0.3) is 10.9 Å². The van der Waals surface area contributed by atoms with E-state index in [4.69, 9.17) is 0 Å². The molecule has 0 unspecified atom stereocenters. The molecular formula is C20H24N4O. The van der Waals surface area contributed by atoms with Crippen LogP contribution in [0.3, 0.4) is 0 Å². The number of anilines is 2. The molecule has 0 fully saturated rings. The molecule has 5 nitrogen and oxygen atoms in total. The van der Waals surface area contributed by atoms with Crippen molar-refractivity contribution in [1.82, 2.24) is 10.3 Å². The van der Waals surface area contributed by atoms with Gasteiger partial charge in [-0.2, -0.15) is 0 Å². The summed E-state index contributed by atoms with van der Waals surface area (Å²) in [5.74, 6) is -0.00322. The number of nitrogens with one attached hydrogen (secondary N) is 3. The highest BCUT2D eigenvalue weighted by Gasteiger charge is 2.05. The van der Waals surface area contributed by atoms with Crippen LogP contribution in [0.4, 0.5) is 11.4 Å². The van der Waals surface area contributed by atoms with E-state index < -0.39 is 0 Å². The van der Waals surface area contributed by atoms with Gasteiger partial charge in [-0.25, -0.2) is 0 Å². The van der Waals surface area contributed by atoms with Crippen LogP contribution in [-0.4, -0.2) is 38.1 Å². The zero-order valence-corrected chi connectivity index (χ0v) is 14.7. The molecule has 0 saturated carbocycles. The van der Waals surface area contributed by atoms with Crippen molar-refractivity contribution in [3.05, 3.63) is 60.3 Å². The van der Waals surface area contributed by atoms with Crippen molar-refractivity contribution in [1.29, 1.82) is 0 Å². The molecule has 1 aromatic heterocycles. The minimum atomic E-state index is -0.00322. The molecule has 1 heterocycles. The van der Waals surface area contributed by atoms with Crippen LogP contribution in [0.1, 0.15) is 5.56 Å². The first-order valence-electron chi connectivity index (χ1n) is 8.46. The van der Waals surface area contributed by atoms with Crippen molar-refractivity contribution in [2.24, 2.45) is 0 Å². The third-order valence-corrected chi connectivity index (χ3v) is 4.23. The molecule has 0 saturated heterocycles. The second-order valence-electron chi connectivity index (χ2n) is 6.25. The van der Waals surface area contributed by atoms with E-state index in [-0.39, 0.29) is 12.5 Å². The first kappa shape index (κ1) is 16.9. The van der Waals surface area contributed by atoms with Gasteiger partial charge in [0.1, 0.15) is 0 Å². The zero-order chi connectivity index (χ0) is 17.6. The van der Waals surface area contributed by atoms with Crippen LogP contribution >= 0.6 is 0 Å². The number of carbonyl (C=O) groups is 1. The lowest BCUT2D eigenvalue weighted by Gasteiger charge is -2.13. The Bertz CT molecular complexity index is 836. The maximum Gasteiger partial charge on any atom is 0.239 e. The normalized spacial score (nSPS) is 10.6. The summed E-state index contributed by atoms with van der Waals surface area (Å²) in [6, 6.07) is 16.2. The average molecular weight is 336 g/mol. The molecule has 25 heavy (non-hydrogen) atoms. The van der Waals surface area contributed by atoms with Crippen molar-refractivity contribution in [2.45, 2.75) is 6.42 Å². The zero-order valence-electron chi connectivity index (χ0n) is 14.7. The lowest BCUT2D eigenvalue weighted by molar-refractivity contribution is -0.119. The molecular weight excluding hydrogens is 312 g/mol. The molecule has 5 heteroatoms. The highest BCUT2D eigenvalue weighted by atomic mass is 16.1. The Hall–Kier alpha value is -2.95. The van der Waals surface area contributed by atoms with E-state index in [9.17, 15) is 4.79 Å². The quantitative estimate of drug-likeness (QED) is 0.621. The average Bonchev–Trinajstić information content (AvgIpc) is 3.04. The number of para-hydroxylation sites is 1. The first-order valence-corrected chi connectivity index (χ1v) is 8.46. The minimum absolute atomic E-state index is 0.00322. The molecule has 3 aromatic rings. The van der Waals surface area contributed by atoms with Gasteiger partial charge in [-0.1, -0.05) is 18.2 Å². The van der Waals surface area contributed by atoms with Crippen LogP contribution in [0.15, 0.2) is 54.7 Å². The van der Waals surface area contributed by atoms with Crippen LogP contribution in [0.5, 0.6) is 0 Å². The Labute approximate surface area is 148 Å². The Morgan fingerprint density at radius 3 is 2.60 bits per heavy atom. The summed E-state index contributed by atoms with van der Waals surface area (Å²) in [5.41, 5.74) is 4.43. The van der Waals surface area contributed by atoms with E-state index in [1.807, 2.05) is 61.6 Å². The standard InChI is InChI=1S/C20H24N4O/c1-24(2)17-9-7-16(8-10-17)22-14-20(25)21-12-11-15-13-23-19-6-4-3-5-18(15)19/h3-10,13,22-23H,11-12,14H2,1-2H3,(H,21,25). The Kier molecular flexibility index (Phi) is 5.23. The largest absolute Gasteiger partial charge is 0.378 e. The van der Waals surface area contributed by atoms with Gasteiger partial charge >= 0.3 is 0 Å². The number of aromatic amines is 1. The Morgan fingerprint density at radius 1 is 1.08 bits per heavy atom. The van der Waals surface area contributed by atoms with Gasteiger partial charge < -0.3 is 20.5 Å². The Balaban J connectivity index is 1.43. The number of H-pyrrole nitrogens is 1. The minimum Gasteiger partial charge on any atom is -0.378 e. The van der Waals surface area contributed by atoms with E-state index in [0.29, 0.717) is 6.54 Å². The SMILES string of the molecule is CN(C)c1ccc(NCC(=O)NCCc2c[nH]c3ccccc23)cc1. The third kappa shape index (κ3) is 4.32. The number of amides is 1. The lowest BCUT2D eigenvalue weighted by atomic mass is 10.1. The van der Waals surface area contributed by atoms with E-state index in [1.165, 1.54) is 10.9 Å². The molecule has 0 aliphatic rings. The van der Waals surface area contributed by atoms with E-state index in [1.54, 1.807) is 0 Å². The summed E-state index contributed by atoms with van der Waals surface area (Å²) in [4.78, 5) is 17.3. The summed E-state index contributed by atoms with van der Waals surface area (Å²) >= 11 is 0. The summed E-state index contributed by atoms with van der Waals surface area (Å²) < 4.78 is 0. The highest BCUT2D eigenvalue weighted by Crippen LogP contribution is 2.18. The number of nitrogens with zero attached hydrogens (tertiary/aromatic N) is 1. The number of rotatable bonds is 7. The van der Waals surface area contributed by atoms with Gasteiger partial charge in [-0.3, -0.25) is 4.79 Å². The molecule has 130 valence electrons. The molecule has 0 aliphatic heterocycles. The maximum absolute atomic E-state index is 12.0. The van der Waals surface area contributed by atoms with Crippen molar-refractivity contribution in [2.75, 3.05) is 37.4 Å². The van der Waals surface area contributed by atoms with Gasteiger partial charge in [0.15, 0.2) is 0 Å². The molecule has 3 rings (SSSR count). The number of benzene rings is 2. The number of hydrogen-bond acceptors (Lipinski definition) is 3. The Morgan fingerprint density at radius 2 is 1.84 bits per heavy atom. The predicted molar refractivity (Wildman–Crippen MR) is 104 cm³/mol. The van der Waals surface area contributed by atoms with Gasteiger partial charge in [0.05, 0.1) is 6.54 Å². The van der Waals surface area contributed by atoms with Crippen molar-refractivity contribution in [3.63, 3.8) is 0 Å². The molecule has 0 bridgehead atoms. The molecule has 0 radical (unpaired) electrons. The van der Waals surface area contributed by atoms with Crippen LogP contribution in [-0.2, 0) is 11.2 Å². The van der Waals surface area contributed by atoms with Crippen molar-refractivity contribution < 1.29 is 4.79 Å².